The van der Waals surface area contributed by atoms with E-state index in [0.29, 0.717) is 5.92 Å². The zero-order valence-electron chi connectivity index (χ0n) is 8.37. The summed E-state index contributed by atoms with van der Waals surface area (Å²) in [5.74, 6) is 0.492. The van der Waals surface area contributed by atoms with Gasteiger partial charge in [-0.25, -0.2) is 0 Å². The molecule has 1 aliphatic heterocycles. The largest absolute Gasteiger partial charge is 0.197 e. The second kappa shape index (κ2) is 3.46. The quantitative estimate of drug-likeness (QED) is 0.782. The van der Waals surface area contributed by atoms with Crippen LogP contribution >= 0.6 is 15.9 Å². The number of rotatable bonds is 3. The molecule has 0 amide bonds. The van der Waals surface area contributed by atoms with Gasteiger partial charge in [0.15, 0.2) is 5.66 Å². The van der Waals surface area contributed by atoms with Crippen molar-refractivity contribution < 1.29 is 0 Å². The number of hydrogen-bond donors (Lipinski definition) is 0. The van der Waals surface area contributed by atoms with E-state index in [1.54, 1.807) is 0 Å². The van der Waals surface area contributed by atoms with Crippen molar-refractivity contribution in [1.82, 2.24) is 0 Å². The Kier molecular flexibility index (Phi) is 2.43. The van der Waals surface area contributed by atoms with Crippen LogP contribution in [-0.2, 0) is 6.42 Å². The third-order valence-electron chi connectivity index (χ3n) is 2.66. The maximum Gasteiger partial charge on any atom is 0.197 e. The Morgan fingerprint density at radius 1 is 1.21 bits per heavy atom. The van der Waals surface area contributed by atoms with Crippen molar-refractivity contribution >= 4 is 15.9 Å². The van der Waals surface area contributed by atoms with Crippen LogP contribution < -0.4 is 0 Å². The second-order valence-corrected chi connectivity index (χ2v) is 4.95. The van der Waals surface area contributed by atoms with Gasteiger partial charge in [0, 0.05) is 16.8 Å². The summed E-state index contributed by atoms with van der Waals surface area (Å²) in [7, 11) is 0. The topological polar surface area (TPSA) is 24.7 Å². The minimum absolute atomic E-state index is 0.117. The van der Waals surface area contributed by atoms with E-state index in [0.717, 1.165) is 10.9 Å². The molecule has 0 atom stereocenters. The highest BCUT2D eigenvalue weighted by Crippen LogP contribution is 2.39. The van der Waals surface area contributed by atoms with Crippen LogP contribution in [0.1, 0.15) is 19.4 Å². The van der Waals surface area contributed by atoms with Crippen LogP contribution in [-0.4, -0.2) is 5.66 Å². The molecule has 1 aromatic carbocycles. The Labute approximate surface area is 92.6 Å². The molecule has 2 nitrogen and oxygen atoms in total. The second-order valence-electron chi connectivity index (χ2n) is 4.04. The molecule has 0 aromatic heterocycles. The molecule has 14 heavy (non-hydrogen) atoms. The first kappa shape index (κ1) is 9.84. The van der Waals surface area contributed by atoms with Crippen molar-refractivity contribution in [1.29, 1.82) is 0 Å². The average molecular weight is 253 g/mol. The minimum atomic E-state index is -0.117. The molecule has 0 saturated carbocycles. The van der Waals surface area contributed by atoms with Crippen molar-refractivity contribution in [3.05, 3.63) is 34.3 Å². The summed E-state index contributed by atoms with van der Waals surface area (Å²) in [5.41, 5.74) is 1.18. The highest BCUT2D eigenvalue weighted by atomic mass is 79.9. The molecule has 0 saturated heterocycles. The fourth-order valence-electron chi connectivity index (χ4n) is 1.47. The predicted molar refractivity (Wildman–Crippen MR) is 60.3 cm³/mol. The molecule has 0 aliphatic carbocycles. The van der Waals surface area contributed by atoms with Gasteiger partial charge in [0.1, 0.15) is 0 Å². The molecule has 0 fully saturated rings. The SMILES string of the molecule is CC(C)C1(Cc2ccc(Br)cc2)N=N1. The first-order chi connectivity index (χ1) is 6.62. The molecular weight excluding hydrogens is 240 g/mol. The maximum absolute atomic E-state index is 4.16. The number of halogens is 1. The zero-order chi connectivity index (χ0) is 10.2. The lowest BCUT2D eigenvalue weighted by atomic mass is 9.93. The number of nitrogens with zero attached hydrogens (tertiary/aromatic N) is 2. The third-order valence-corrected chi connectivity index (χ3v) is 3.19. The molecule has 1 aromatic rings. The molecule has 1 heterocycles. The van der Waals surface area contributed by atoms with Crippen LogP contribution in [0.5, 0.6) is 0 Å². The van der Waals surface area contributed by atoms with E-state index in [2.05, 4.69) is 64.3 Å². The van der Waals surface area contributed by atoms with Gasteiger partial charge in [-0.1, -0.05) is 41.9 Å². The van der Waals surface area contributed by atoms with Gasteiger partial charge < -0.3 is 0 Å². The van der Waals surface area contributed by atoms with Gasteiger partial charge in [0.05, 0.1) is 0 Å². The van der Waals surface area contributed by atoms with E-state index in [1.807, 2.05) is 0 Å². The van der Waals surface area contributed by atoms with Gasteiger partial charge in [-0.05, 0) is 17.7 Å². The van der Waals surface area contributed by atoms with Crippen molar-refractivity contribution in [3.8, 4) is 0 Å². The molecule has 0 bridgehead atoms. The van der Waals surface area contributed by atoms with E-state index in [9.17, 15) is 0 Å². The number of hydrogen-bond acceptors (Lipinski definition) is 2. The smallest absolute Gasteiger partial charge is 0.158 e. The summed E-state index contributed by atoms with van der Waals surface area (Å²) in [6.07, 6.45) is 0.929. The fourth-order valence-corrected chi connectivity index (χ4v) is 1.74. The zero-order valence-corrected chi connectivity index (χ0v) is 9.95. The van der Waals surface area contributed by atoms with E-state index in [-0.39, 0.29) is 5.66 Å². The van der Waals surface area contributed by atoms with Crippen molar-refractivity contribution in [2.45, 2.75) is 25.9 Å². The Hall–Kier alpha value is -0.700. The number of benzene rings is 1. The predicted octanol–water partition coefficient (Wildman–Crippen LogP) is 3.81. The Balaban J connectivity index is 2.08. The Morgan fingerprint density at radius 3 is 2.21 bits per heavy atom. The molecule has 74 valence electrons. The normalized spacial score (nSPS) is 17.4. The van der Waals surface area contributed by atoms with Crippen LogP contribution in [0.25, 0.3) is 0 Å². The summed E-state index contributed by atoms with van der Waals surface area (Å²) in [4.78, 5) is 0. The Morgan fingerprint density at radius 2 is 1.79 bits per heavy atom. The molecule has 3 heteroatoms. The third kappa shape index (κ3) is 1.87. The summed E-state index contributed by atoms with van der Waals surface area (Å²) in [6, 6.07) is 8.37. The highest BCUT2D eigenvalue weighted by molar-refractivity contribution is 9.10. The van der Waals surface area contributed by atoms with Crippen LogP contribution in [0.4, 0.5) is 0 Å². The molecule has 0 radical (unpaired) electrons. The first-order valence-corrected chi connectivity index (χ1v) is 5.60. The monoisotopic (exact) mass is 252 g/mol. The van der Waals surface area contributed by atoms with Gasteiger partial charge in [-0.15, -0.1) is 0 Å². The van der Waals surface area contributed by atoms with E-state index < -0.39 is 0 Å². The van der Waals surface area contributed by atoms with Crippen molar-refractivity contribution in [2.24, 2.45) is 16.1 Å². The van der Waals surface area contributed by atoms with E-state index in [1.165, 1.54) is 5.56 Å². The summed E-state index contributed by atoms with van der Waals surface area (Å²) < 4.78 is 1.12. The standard InChI is InChI=1S/C11H13BrN2/c1-8(2)11(13-14-11)7-9-3-5-10(12)6-4-9/h3-6,8H,7H2,1-2H3. The molecule has 0 spiro atoms. The Bertz CT molecular complexity index is 348. The van der Waals surface area contributed by atoms with Gasteiger partial charge in [-0.3, -0.25) is 0 Å². The van der Waals surface area contributed by atoms with Crippen molar-refractivity contribution in [3.63, 3.8) is 0 Å². The molecule has 1 aliphatic rings. The van der Waals surface area contributed by atoms with E-state index in [4.69, 9.17) is 0 Å². The van der Waals surface area contributed by atoms with Gasteiger partial charge in [0.2, 0.25) is 0 Å². The maximum atomic E-state index is 4.16. The van der Waals surface area contributed by atoms with Gasteiger partial charge in [-0.2, -0.15) is 10.2 Å². The minimum Gasteiger partial charge on any atom is -0.158 e. The lowest BCUT2D eigenvalue weighted by molar-refractivity contribution is 0.431. The lowest BCUT2D eigenvalue weighted by Gasteiger charge is -2.14. The fraction of sp³-hybridized carbons (Fsp3) is 0.455. The van der Waals surface area contributed by atoms with Crippen molar-refractivity contribution in [2.75, 3.05) is 0 Å². The summed E-state index contributed by atoms with van der Waals surface area (Å²) in [5, 5.41) is 8.33. The summed E-state index contributed by atoms with van der Waals surface area (Å²) >= 11 is 3.42. The van der Waals surface area contributed by atoms with Crippen LogP contribution in [0, 0.1) is 5.92 Å². The van der Waals surface area contributed by atoms with Gasteiger partial charge in [0.25, 0.3) is 0 Å². The lowest BCUT2D eigenvalue weighted by Crippen LogP contribution is -2.22. The van der Waals surface area contributed by atoms with Crippen LogP contribution in [0.2, 0.25) is 0 Å². The highest BCUT2D eigenvalue weighted by Gasteiger charge is 2.43. The molecule has 0 unspecified atom stereocenters. The van der Waals surface area contributed by atoms with Crippen LogP contribution in [0.3, 0.4) is 0 Å². The molecular formula is C11H13BrN2. The average Bonchev–Trinajstić information content (AvgIpc) is 2.90. The van der Waals surface area contributed by atoms with Crippen LogP contribution in [0.15, 0.2) is 39.0 Å². The van der Waals surface area contributed by atoms with E-state index >= 15 is 0 Å². The molecule has 0 N–H and O–H groups in total. The first-order valence-electron chi connectivity index (χ1n) is 4.81. The summed E-state index contributed by atoms with van der Waals surface area (Å²) in [6.45, 7) is 4.33. The van der Waals surface area contributed by atoms with Gasteiger partial charge >= 0.3 is 0 Å². The molecule has 2 rings (SSSR count).